The van der Waals surface area contributed by atoms with Crippen LogP contribution < -0.4 is 4.53 Å². The molecule has 0 heterocycles. The number of anilines is 1. The number of hydrogen-bond acceptors (Lipinski definition) is 3. The van der Waals surface area contributed by atoms with Crippen LogP contribution in [-0.2, 0) is 16.6 Å². The van der Waals surface area contributed by atoms with Gasteiger partial charge < -0.3 is 5.11 Å². The maximum absolute atomic E-state index is 14.1. The van der Waals surface area contributed by atoms with Crippen molar-refractivity contribution in [3.8, 4) is 0 Å². The molecule has 0 fully saturated rings. The Hall–Kier alpha value is -1.99. The van der Waals surface area contributed by atoms with Gasteiger partial charge >= 0.3 is 0 Å². The number of benzene rings is 2. The first-order valence-electron chi connectivity index (χ1n) is 5.63. The summed E-state index contributed by atoms with van der Waals surface area (Å²) < 4.78 is 51.3. The smallest absolute Gasteiger partial charge is 0.290 e. The van der Waals surface area contributed by atoms with Crippen LogP contribution in [0.4, 0.5) is 14.6 Å². The molecule has 0 saturated carbocycles. The van der Waals surface area contributed by atoms with E-state index in [1.54, 1.807) is 6.07 Å². The lowest BCUT2D eigenvalue weighted by molar-refractivity contribution is 0.275. The molecule has 0 aliphatic heterocycles. The summed E-state index contributed by atoms with van der Waals surface area (Å²) in [5, 5.41) is 8.91. The van der Waals surface area contributed by atoms with Crippen molar-refractivity contribution < 1.29 is 22.4 Å². The van der Waals surface area contributed by atoms with Crippen LogP contribution in [0.25, 0.3) is 0 Å². The van der Waals surface area contributed by atoms with Crippen LogP contribution in [0.3, 0.4) is 0 Å². The van der Waals surface area contributed by atoms with Gasteiger partial charge in [-0.1, -0.05) is 39.3 Å². The summed E-state index contributed by atoms with van der Waals surface area (Å²) in [6.45, 7) is -0.654. The average molecular weight is 299 g/mol. The highest BCUT2D eigenvalue weighted by Gasteiger charge is 2.28. The summed E-state index contributed by atoms with van der Waals surface area (Å²) in [4.78, 5) is -0.295. The molecule has 0 radical (unpaired) electrons. The lowest BCUT2D eigenvalue weighted by atomic mass is 10.2. The van der Waals surface area contributed by atoms with Crippen molar-refractivity contribution in [1.82, 2.24) is 0 Å². The summed E-state index contributed by atoms with van der Waals surface area (Å²) >= 11 is 0. The zero-order valence-corrected chi connectivity index (χ0v) is 11.0. The molecule has 2 rings (SSSR count). The molecule has 1 N–H and O–H groups in total. The molecule has 2 aromatic carbocycles. The zero-order chi connectivity index (χ0) is 14.8. The Morgan fingerprint density at radius 2 is 1.70 bits per heavy atom. The quantitative estimate of drug-likeness (QED) is 0.882. The van der Waals surface area contributed by atoms with Gasteiger partial charge in [0.25, 0.3) is 10.0 Å². The van der Waals surface area contributed by atoms with E-state index in [4.69, 9.17) is 5.11 Å². The minimum absolute atomic E-state index is 0.187. The van der Waals surface area contributed by atoms with Gasteiger partial charge in [0, 0.05) is 5.56 Å². The lowest BCUT2D eigenvalue weighted by Gasteiger charge is -2.15. The van der Waals surface area contributed by atoms with E-state index in [0.717, 1.165) is 6.07 Å². The number of sulfonamides is 1. The van der Waals surface area contributed by atoms with Gasteiger partial charge in [-0.15, -0.1) is 0 Å². The van der Waals surface area contributed by atoms with Gasteiger partial charge in [0.05, 0.1) is 11.5 Å². The second kappa shape index (κ2) is 5.56. The van der Waals surface area contributed by atoms with Gasteiger partial charge in [0.1, 0.15) is 5.69 Å². The van der Waals surface area contributed by atoms with Crippen LogP contribution in [-0.4, -0.2) is 13.5 Å². The standard InChI is InChI=1S/C13H11F2NO3S/c14-13-10(9-17)5-4-8-12(13)16(15)20(18,19)11-6-2-1-3-7-11/h1-8,17H,9H2. The van der Waals surface area contributed by atoms with Gasteiger partial charge in [0.2, 0.25) is 0 Å². The molecular weight excluding hydrogens is 288 g/mol. The third kappa shape index (κ3) is 2.50. The van der Waals surface area contributed by atoms with Crippen molar-refractivity contribution in [1.29, 1.82) is 0 Å². The largest absolute Gasteiger partial charge is 0.392 e. The Kier molecular flexibility index (Phi) is 4.01. The molecule has 0 unspecified atom stereocenters. The van der Waals surface area contributed by atoms with Crippen LogP contribution in [0, 0.1) is 5.82 Å². The first-order chi connectivity index (χ1) is 9.48. The molecule has 0 bridgehead atoms. The van der Waals surface area contributed by atoms with Gasteiger partial charge in [-0.25, -0.2) is 4.39 Å². The summed E-state index contributed by atoms with van der Waals surface area (Å²) in [6.07, 6.45) is 0. The van der Waals surface area contributed by atoms with Gasteiger partial charge in [-0.2, -0.15) is 8.42 Å². The summed E-state index contributed by atoms with van der Waals surface area (Å²) in [7, 11) is -4.49. The number of aliphatic hydroxyl groups excluding tert-OH is 1. The van der Waals surface area contributed by atoms with Crippen molar-refractivity contribution in [2.45, 2.75) is 11.5 Å². The van der Waals surface area contributed by atoms with E-state index in [0.29, 0.717) is 0 Å². The molecule has 7 heteroatoms. The summed E-state index contributed by atoms with van der Waals surface area (Å²) in [5.41, 5.74) is -0.950. The van der Waals surface area contributed by atoms with Gasteiger partial charge in [-0.05, 0) is 18.2 Å². The normalized spacial score (nSPS) is 11.3. The highest BCUT2D eigenvalue weighted by Crippen LogP contribution is 2.28. The molecule has 0 amide bonds. The third-order valence-electron chi connectivity index (χ3n) is 2.67. The van der Waals surface area contributed by atoms with Crippen molar-refractivity contribution in [3.63, 3.8) is 0 Å². The molecule has 0 aromatic heterocycles. The van der Waals surface area contributed by atoms with E-state index < -0.39 is 32.7 Å². The topological polar surface area (TPSA) is 57.6 Å². The molecule has 0 saturated heterocycles. The maximum atomic E-state index is 14.1. The van der Waals surface area contributed by atoms with E-state index in [9.17, 15) is 17.3 Å². The van der Waals surface area contributed by atoms with Crippen molar-refractivity contribution in [2.75, 3.05) is 4.53 Å². The Bertz CT molecular complexity index is 705. The fourth-order valence-electron chi connectivity index (χ4n) is 1.64. The van der Waals surface area contributed by atoms with E-state index in [1.807, 2.05) is 0 Å². The van der Waals surface area contributed by atoms with Crippen molar-refractivity contribution >= 4 is 15.7 Å². The number of hydrogen-bond donors (Lipinski definition) is 1. The van der Waals surface area contributed by atoms with Crippen molar-refractivity contribution in [3.05, 3.63) is 59.9 Å². The van der Waals surface area contributed by atoms with E-state index in [1.165, 1.54) is 36.4 Å². The predicted molar refractivity (Wildman–Crippen MR) is 69.5 cm³/mol. The SMILES string of the molecule is O=S(=O)(c1ccccc1)N(F)c1cccc(CO)c1F. The molecule has 0 spiro atoms. The van der Waals surface area contributed by atoms with Crippen molar-refractivity contribution in [2.24, 2.45) is 0 Å². The first kappa shape index (κ1) is 14.4. The predicted octanol–water partition coefficient (Wildman–Crippen LogP) is 2.40. The fourth-order valence-corrected chi connectivity index (χ4v) is 2.72. The van der Waals surface area contributed by atoms with Crippen LogP contribution in [0.5, 0.6) is 0 Å². The molecule has 20 heavy (non-hydrogen) atoms. The monoisotopic (exact) mass is 299 g/mol. The van der Waals surface area contributed by atoms with E-state index in [-0.39, 0.29) is 10.5 Å². The molecule has 0 aliphatic carbocycles. The highest BCUT2D eigenvalue weighted by atomic mass is 32.2. The lowest BCUT2D eigenvalue weighted by Crippen LogP contribution is -2.23. The minimum Gasteiger partial charge on any atom is -0.392 e. The Morgan fingerprint density at radius 1 is 1.05 bits per heavy atom. The molecular formula is C13H11F2NO3S. The molecule has 0 aliphatic rings. The van der Waals surface area contributed by atoms with Gasteiger partial charge in [-0.3, -0.25) is 0 Å². The highest BCUT2D eigenvalue weighted by molar-refractivity contribution is 7.92. The molecule has 2 aromatic rings. The number of nitrogens with zero attached hydrogens (tertiary/aromatic N) is 1. The first-order valence-corrected chi connectivity index (χ1v) is 7.07. The molecule has 106 valence electrons. The third-order valence-corrected chi connectivity index (χ3v) is 4.16. The van der Waals surface area contributed by atoms with Crippen LogP contribution in [0.2, 0.25) is 0 Å². The summed E-state index contributed by atoms with van der Waals surface area (Å²) in [5.74, 6) is -1.11. The zero-order valence-electron chi connectivity index (χ0n) is 10.2. The Morgan fingerprint density at radius 3 is 2.30 bits per heavy atom. The van der Waals surface area contributed by atoms with Crippen LogP contribution in [0.15, 0.2) is 53.4 Å². The van der Waals surface area contributed by atoms with E-state index >= 15 is 0 Å². The second-order valence-corrected chi connectivity index (χ2v) is 5.68. The number of halogens is 2. The Balaban J connectivity index is 2.49. The fraction of sp³-hybridized carbons (Fsp3) is 0.0769. The number of aliphatic hydroxyl groups is 1. The average Bonchev–Trinajstić information content (AvgIpc) is 2.47. The molecule has 0 atom stereocenters. The minimum atomic E-state index is -4.49. The summed E-state index contributed by atoms with van der Waals surface area (Å²) in [6, 6.07) is 10.3. The molecule has 4 nitrogen and oxygen atoms in total. The van der Waals surface area contributed by atoms with Gasteiger partial charge in [0.15, 0.2) is 5.82 Å². The maximum Gasteiger partial charge on any atom is 0.290 e. The van der Waals surface area contributed by atoms with E-state index in [2.05, 4.69) is 0 Å². The Labute approximate surface area is 114 Å². The van der Waals surface area contributed by atoms with Crippen LogP contribution in [0.1, 0.15) is 5.56 Å². The van der Waals surface area contributed by atoms with Crippen LogP contribution >= 0.6 is 0 Å². The number of rotatable bonds is 4. The second-order valence-electron chi connectivity index (χ2n) is 3.94.